The Morgan fingerprint density at radius 1 is 0.786 bits per heavy atom. The van der Waals surface area contributed by atoms with Crippen LogP contribution >= 0.6 is 0 Å². The third kappa shape index (κ3) is 2.71. The van der Waals surface area contributed by atoms with Gasteiger partial charge in [0.2, 0.25) is 0 Å². The lowest BCUT2D eigenvalue weighted by Crippen LogP contribution is -2.00. The Hall–Kier alpha value is -3.63. The van der Waals surface area contributed by atoms with Crippen molar-refractivity contribution in [2.45, 2.75) is 6.61 Å². The highest BCUT2D eigenvalue weighted by molar-refractivity contribution is 6.08. The van der Waals surface area contributed by atoms with Gasteiger partial charge in [0.15, 0.2) is 0 Å². The molecule has 0 radical (unpaired) electrons. The monoisotopic (exact) mass is 365 g/mol. The lowest BCUT2D eigenvalue weighted by atomic mass is 9.99. The van der Waals surface area contributed by atoms with Crippen LogP contribution in [-0.4, -0.2) is 14.9 Å². The van der Waals surface area contributed by atoms with Crippen molar-refractivity contribution in [2.75, 3.05) is 5.73 Å². The van der Waals surface area contributed by atoms with Gasteiger partial charge in [-0.1, -0.05) is 48.5 Å². The van der Waals surface area contributed by atoms with Crippen molar-refractivity contribution in [3.63, 3.8) is 0 Å². The number of nitrogens with zero attached hydrogens (tertiary/aromatic N) is 2. The molecule has 4 heteroatoms. The number of rotatable bonds is 3. The molecule has 3 N–H and O–H groups in total. The molecular weight excluding hydrogens is 346 g/mol. The number of hydrogen-bond donors (Lipinski definition) is 2. The summed E-state index contributed by atoms with van der Waals surface area (Å²) in [4.78, 5) is 0. The minimum atomic E-state index is -0.104. The lowest BCUT2D eigenvalue weighted by Gasteiger charge is -2.10. The SMILES string of the molecule is Nc1ccc(-n2nc(CO)cc2-c2ccc3c(ccc4ccccc43)c2)cc1. The van der Waals surface area contributed by atoms with Gasteiger partial charge in [-0.05, 0) is 57.9 Å². The van der Waals surface area contributed by atoms with Crippen LogP contribution in [0.25, 0.3) is 38.5 Å². The molecule has 28 heavy (non-hydrogen) atoms. The minimum absolute atomic E-state index is 0.104. The topological polar surface area (TPSA) is 64.1 Å². The van der Waals surface area contributed by atoms with Crippen molar-refractivity contribution >= 4 is 27.2 Å². The van der Waals surface area contributed by atoms with Crippen molar-refractivity contribution in [1.29, 1.82) is 0 Å². The van der Waals surface area contributed by atoms with E-state index in [2.05, 4.69) is 59.7 Å². The van der Waals surface area contributed by atoms with Gasteiger partial charge in [-0.25, -0.2) is 4.68 Å². The number of aromatic nitrogens is 2. The fourth-order valence-corrected chi connectivity index (χ4v) is 3.70. The van der Waals surface area contributed by atoms with E-state index < -0.39 is 0 Å². The third-order valence-electron chi connectivity index (χ3n) is 5.10. The van der Waals surface area contributed by atoms with E-state index >= 15 is 0 Å². The highest BCUT2D eigenvalue weighted by Gasteiger charge is 2.12. The molecule has 5 rings (SSSR count). The Morgan fingerprint density at radius 3 is 2.36 bits per heavy atom. The summed E-state index contributed by atoms with van der Waals surface area (Å²) in [5.41, 5.74) is 10.0. The Morgan fingerprint density at radius 2 is 1.54 bits per heavy atom. The maximum atomic E-state index is 9.61. The van der Waals surface area contributed by atoms with Crippen LogP contribution in [0.1, 0.15) is 5.69 Å². The second-order valence-electron chi connectivity index (χ2n) is 6.90. The summed E-state index contributed by atoms with van der Waals surface area (Å²) in [6, 6.07) is 28.7. The molecule has 0 saturated carbocycles. The Labute approximate surface area is 162 Å². The predicted octanol–water partition coefficient (Wildman–Crippen LogP) is 4.92. The quantitative estimate of drug-likeness (QED) is 0.352. The van der Waals surface area contributed by atoms with E-state index in [9.17, 15) is 5.11 Å². The van der Waals surface area contributed by atoms with E-state index in [0.29, 0.717) is 11.4 Å². The highest BCUT2D eigenvalue weighted by Crippen LogP contribution is 2.31. The number of aliphatic hydroxyl groups is 1. The van der Waals surface area contributed by atoms with E-state index in [0.717, 1.165) is 16.9 Å². The number of nitrogens with two attached hydrogens (primary N) is 1. The molecule has 136 valence electrons. The van der Waals surface area contributed by atoms with Gasteiger partial charge in [0, 0.05) is 11.3 Å². The Balaban J connectivity index is 1.70. The molecule has 1 aromatic heterocycles. The van der Waals surface area contributed by atoms with E-state index in [-0.39, 0.29) is 6.61 Å². The number of hydrogen-bond acceptors (Lipinski definition) is 3. The first-order valence-corrected chi connectivity index (χ1v) is 9.20. The van der Waals surface area contributed by atoms with E-state index in [1.165, 1.54) is 21.5 Å². The summed E-state index contributed by atoms with van der Waals surface area (Å²) in [5, 5.41) is 19.0. The van der Waals surface area contributed by atoms with Gasteiger partial charge in [-0.3, -0.25) is 0 Å². The number of anilines is 1. The molecule has 0 fully saturated rings. The first-order valence-electron chi connectivity index (χ1n) is 9.20. The van der Waals surface area contributed by atoms with Crippen LogP contribution in [0.3, 0.4) is 0 Å². The van der Waals surface area contributed by atoms with Gasteiger partial charge < -0.3 is 10.8 Å². The van der Waals surface area contributed by atoms with Crippen LogP contribution in [0.4, 0.5) is 5.69 Å². The van der Waals surface area contributed by atoms with Gasteiger partial charge in [-0.2, -0.15) is 5.10 Å². The molecular formula is C24H19N3O. The number of nitrogen functional groups attached to an aromatic ring is 1. The average Bonchev–Trinajstić information content (AvgIpc) is 3.18. The summed E-state index contributed by atoms with van der Waals surface area (Å²) in [6.45, 7) is -0.104. The first-order chi connectivity index (χ1) is 13.7. The van der Waals surface area contributed by atoms with Crippen LogP contribution < -0.4 is 5.73 Å². The fraction of sp³-hybridized carbons (Fsp3) is 0.0417. The summed E-state index contributed by atoms with van der Waals surface area (Å²) in [7, 11) is 0. The molecule has 0 aliphatic rings. The normalized spacial score (nSPS) is 11.3. The van der Waals surface area contributed by atoms with Crippen molar-refractivity contribution in [3.05, 3.63) is 90.6 Å². The number of fused-ring (bicyclic) bond motifs is 3. The van der Waals surface area contributed by atoms with E-state index in [1.807, 2.05) is 35.0 Å². The molecule has 5 aromatic rings. The van der Waals surface area contributed by atoms with Crippen molar-refractivity contribution in [1.82, 2.24) is 9.78 Å². The lowest BCUT2D eigenvalue weighted by molar-refractivity contribution is 0.276. The standard InChI is InChI=1S/C24H19N3O/c25-19-8-10-21(11-9-19)27-24(14-20(15-28)26-27)18-7-12-23-17(13-18)6-5-16-3-1-2-4-22(16)23/h1-14,28H,15,25H2. The van der Waals surface area contributed by atoms with Crippen molar-refractivity contribution < 1.29 is 5.11 Å². The smallest absolute Gasteiger partial charge is 0.0889 e. The van der Waals surface area contributed by atoms with E-state index in [4.69, 9.17) is 5.73 Å². The second kappa shape index (κ2) is 6.51. The Bertz CT molecular complexity index is 1300. The molecule has 0 bridgehead atoms. The van der Waals surface area contributed by atoms with Gasteiger partial charge in [0.1, 0.15) is 0 Å². The third-order valence-corrected chi connectivity index (χ3v) is 5.10. The van der Waals surface area contributed by atoms with Crippen LogP contribution in [0.2, 0.25) is 0 Å². The highest BCUT2D eigenvalue weighted by atomic mass is 16.3. The van der Waals surface area contributed by atoms with Gasteiger partial charge >= 0.3 is 0 Å². The van der Waals surface area contributed by atoms with Crippen molar-refractivity contribution in [2.24, 2.45) is 0 Å². The van der Waals surface area contributed by atoms with Crippen LogP contribution in [0.15, 0.2) is 84.9 Å². The molecule has 0 saturated heterocycles. The Kier molecular flexibility index (Phi) is 3.85. The van der Waals surface area contributed by atoms with Crippen molar-refractivity contribution in [3.8, 4) is 16.9 Å². The summed E-state index contributed by atoms with van der Waals surface area (Å²) in [6.07, 6.45) is 0. The largest absolute Gasteiger partial charge is 0.399 e. The van der Waals surface area contributed by atoms with Gasteiger partial charge in [-0.15, -0.1) is 0 Å². The molecule has 1 heterocycles. The van der Waals surface area contributed by atoms with E-state index in [1.54, 1.807) is 0 Å². The molecule has 4 nitrogen and oxygen atoms in total. The fourth-order valence-electron chi connectivity index (χ4n) is 3.70. The molecule has 4 aromatic carbocycles. The minimum Gasteiger partial charge on any atom is -0.399 e. The van der Waals surface area contributed by atoms with Crippen LogP contribution in [0, 0.1) is 0 Å². The summed E-state index contributed by atoms with van der Waals surface area (Å²) < 4.78 is 1.85. The zero-order valence-corrected chi connectivity index (χ0v) is 15.2. The number of benzene rings is 4. The average molecular weight is 365 g/mol. The maximum Gasteiger partial charge on any atom is 0.0889 e. The predicted molar refractivity (Wildman–Crippen MR) is 114 cm³/mol. The zero-order valence-electron chi connectivity index (χ0n) is 15.2. The van der Waals surface area contributed by atoms with Crippen LogP contribution in [0.5, 0.6) is 0 Å². The second-order valence-corrected chi connectivity index (χ2v) is 6.90. The summed E-state index contributed by atoms with van der Waals surface area (Å²) >= 11 is 0. The maximum absolute atomic E-state index is 9.61. The van der Waals surface area contributed by atoms with Crippen LogP contribution in [-0.2, 0) is 6.61 Å². The molecule has 0 amide bonds. The van der Waals surface area contributed by atoms with Gasteiger partial charge in [0.05, 0.1) is 23.7 Å². The zero-order chi connectivity index (χ0) is 19.1. The molecule has 0 aliphatic carbocycles. The molecule has 0 atom stereocenters. The molecule has 0 unspecified atom stereocenters. The molecule has 0 spiro atoms. The van der Waals surface area contributed by atoms with Gasteiger partial charge in [0.25, 0.3) is 0 Å². The summed E-state index contributed by atoms with van der Waals surface area (Å²) in [5.74, 6) is 0. The first kappa shape index (κ1) is 16.5. The number of aliphatic hydroxyl groups excluding tert-OH is 1. The molecule has 0 aliphatic heterocycles.